The lowest BCUT2D eigenvalue weighted by atomic mass is 10.0. The summed E-state index contributed by atoms with van der Waals surface area (Å²) in [6.07, 6.45) is -0.243. The first-order valence-electron chi connectivity index (χ1n) is 11.3. The normalized spacial score (nSPS) is 12.5. The number of H-pyrrole nitrogens is 1. The van der Waals surface area contributed by atoms with Gasteiger partial charge in [0.2, 0.25) is 11.8 Å². The second-order valence-electron chi connectivity index (χ2n) is 8.06. The number of carbonyl (C=O) groups is 5. The van der Waals surface area contributed by atoms with Gasteiger partial charge in [0, 0.05) is 36.9 Å². The molecule has 2 aromatic rings. The van der Waals surface area contributed by atoms with E-state index < -0.39 is 48.1 Å². The maximum atomic E-state index is 13.1. The Morgan fingerprint density at radius 2 is 1.74 bits per heavy atom. The van der Waals surface area contributed by atoms with Crippen LogP contribution in [0.2, 0.25) is 0 Å². The van der Waals surface area contributed by atoms with Crippen molar-refractivity contribution in [1.82, 2.24) is 15.6 Å². The van der Waals surface area contributed by atoms with Gasteiger partial charge in [-0.1, -0.05) is 18.2 Å². The van der Waals surface area contributed by atoms with Crippen LogP contribution in [0.15, 0.2) is 30.5 Å². The summed E-state index contributed by atoms with van der Waals surface area (Å²) in [5.74, 6) is -2.73. The molecule has 0 unspecified atom stereocenters. The van der Waals surface area contributed by atoms with Crippen LogP contribution in [0, 0.1) is 0 Å². The SMILES string of the molecule is CCOC(=O)OC(=O)CC[C@H](NC(=O)[C@H](Cc1c[nH]c2ccccc12)NC(C)=O)C(=O)OC(C)C. The Morgan fingerprint density at radius 1 is 1.03 bits per heavy atom. The first kappa shape index (κ1) is 27.4. The molecule has 35 heavy (non-hydrogen) atoms. The number of carbonyl (C=O) groups excluding carboxylic acids is 5. The van der Waals surface area contributed by atoms with Crippen LogP contribution in [0.1, 0.15) is 46.1 Å². The molecule has 0 bridgehead atoms. The number of aromatic amines is 1. The van der Waals surface area contributed by atoms with E-state index in [1.54, 1.807) is 27.0 Å². The Labute approximate surface area is 202 Å². The second-order valence-corrected chi connectivity index (χ2v) is 8.06. The third-order valence-electron chi connectivity index (χ3n) is 4.84. The first-order valence-corrected chi connectivity index (χ1v) is 11.3. The number of hydrogen-bond donors (Lipinski definition) is 3. The van der Waals surface area contributed by atoms with Crippen molar-refractivity contribution in [2.75, 3.05) is 6.61 Å². The molecule has 2 amide bonds. The minimum Gasteiger partial charge on any atom is -0.461 e. The van der Waals surface area contributed by atoms with Crippen molar-refractivity contribution in [1.29, 1.82) is 0 Å². The molecule has 190 valence electrons. The van der Waals surface area contributed by atoms with E-state index in [9.17, 15) is 24.0 Å². The molecule has 0 spiro atoms. The predicted molar refractivity (Wildman–Crippen MR) is 125 cm³/mol. The molecule has 0 saturated heterocycles. The molecule has 0 aliphatic rings. The molecule has 2 atom stereocenters. The van der Waals surface area contributed by atoms with Crippen LogP contribution in [-0.4, -0.2) is 59.7 Å². The molecule has 1 aromatic carbocycles. The van der Waals surface area contributed by atoms with Crippen molar-refractivity contribution >= 4 is 40.8 Å². The highest BCUT2D eigenvalue weighted by atomic mass is 16.7. The Morgan fingerprint density at radius 3 is 2.40 bits per heavy atom. The number of aromatic nitrogens is 1. The first-order chi connectivity index (χ1) is 16.6. The van der Waals surface area contributed by atoms with E-state index in [2.05, 4.69) is 25.1 Å². The molecule has 3 N–H and O–H groups in total. The standard InChI is InChI=1S/C24H31N3O8/c1-5-33-24(32)35-21(29)11-10-19(23(31)34-14(2)3)27-22(30)20(26-15(4)28)12-16-13-25-18-9-7-6-8-17(16)18/h6-9,13-14,19-20,25H,5,10-12H2,1-4H3,(H,26,28)(H,27,30)/t19-,20-/m0/s1. The average Bonchev–Trinajstić information content (AvgIpc) is 3.18. The summed E-state index contributed by atoms with van der Waals surface area (Å²) in [5.41, 5.74) is 1.68. The summed E-state index contributed by atoms with van der Waals surface area (Å²) < 4.78 is 14.2. The molecule has 0 saturated carbocycles. The lowest BCUT2D eigenvalue weighted by molar-refractivity contribution is -0.152. The van der Waals surface area contributed by atoms with Gasteiger partial charge in [0.05, 0.1) is 12.7 Å². The smallest absolute Gasteiger partial charge is 0.461 e. The molecule has 0 fully saturated rings. The number of benzene rings is 1. The lowest BCUT2D eigenvalue weighted by Gasteiger charge is -2.23. The third-order valence-corrected chi connectivity index (χ3v) is 4.84. The number of para-hydroxylation sites is 1. The molecule has 1 aromatic heterocycles. The molecule has 11 heteroatoms. The Bertz CT molecular complexity index is 1060. The largest absolute Gasteiger partial charge is 0.516 e. The minimum atomic E-state index is -1.21. The molecule has 2 rings (SSSR count). The molecular formula is C24H31N3O8. The molecule has 11 nitrogen and oxygen atoms in total. The van der Waals surface area contributed by atoms with Gasteiger partial charge in [-0.3, -0.25) is 14.4 Å². The van der Waals surface area contributed by atoms with E-state index in [4.69, 9.17) is 4.74 Å². The van der Waals surface area contributed by atoms with Gasteiger partial charge in [0.1, 0.15) is 12.1 Å². The van der Waals surface area contributed by atoms with Gasteiger partial charge in [0.25, 0.3) is 0 Å². The fourth-order valence-electron chi connectivity index (χ4n) is 3.36. The lowest BCUT2D eigenvalue weighted by Crippen LogP contribution is -2.52. The molecule has 0 aliphatic carbocycles. The van der Waals surface area contributed by atoms with Gasteiger partial charge in [0.15, 0.2) is 0 Å². The maximum Gasteiger partial charge on any atom is 0.516 e. The zero-order valence-corrected chi connectivity index (χ0v) is 20.2. The van der Waals surface area contributed by atoms with Gasteiger partial charge in [-0.15, -0.1) is 0 Å². The second kappa shape index (κ2) is 13.1. The molecule has 0 radical (unpaired) electrons. The van der Waals surface area contributed by atoms with Crippen LogP contribution in [0.25, 0.3) is 10.9 Å². The fourth-order valence-corrected chi connectivity index (χ4v) is 3.36. The molecule has 0 aliphatic heterocycles. The number of ether oxygens (including phenoxy) is 3. The highest BCUT2D eigenvalue weighted by Crippen LogP contribution is 2.19. The van der Waals surface area contributed by atoms with E-state index in [1.807, 2.05) is 24.3 Å². The zero-order valence-electron chi connectivity index (χ0n) is 20.2. The average molecular weight is 490 g/mol. The van der Waals surface area contributed by atoms with Crippen LogP contribution in [0.3, 0.4) is 0 Å². The van der Waals surface area contributed by atoms with Crippen molar-refractivity contribution in [3.05, 3.63) is 36.0 Å². The number of hydrogen-bond acceptors (Lipinski definition) is 8. The quantitative estimate of drug-likeness (QED) is 0.321. The van der Waals surface area contributed by atoms with Crippen LogP contribution >= 0.6 is 0 Å². The summed E-state index contributed by atoms with van der Waals surface area (Å²) >= 11 is 0. The number of nitrogens with one attached hydrogen (secondary N) is 3. The van der Waals surface area contributed by atoms with Crippen molar-refractivity contribution in [3.63, 3.8) is 0 Å². The molecule has 1 heterocycles. The van der Waals surface area contributed by atoms with Gasteiger partial charge in [-0.2, -0.15) is 0 Å². The van der Waals surface area contributed by atoms with Crippen LogP contribution in [0.5, 0.6) is 0 Å². The summed E-state index contributed by atoms with van der Waals surface area (Å²) in [7, 11) is 0. The van der Waals surface area contributed by atoms with E-state index in [1.165, 1.54) is 6.92 Å². The number of fused-ring (bicyclic) bond motifs is 1. The predicted octanol–water partition coefficient (Wildman–Crippen LogP) is 2.13. The Kier molecular flexibility index (Phi) is 10.2. The summed E-state index contributed by atoms with van der Waals surface area (Å²) in [4.78, 5) is 63.9. The molecular weight excluding hydrogens is 458 g/mol. The highest BCUT2D eigenvalue weighted by Gasteiger charge is 2.29. The monoisotopic (exact) mass is 489 g/mol. The van der Waals surface area contributed by atoms with Crippen LogP contribution in [0.4, 0.5) is 4.79 Å². The fraction of sp³-hybridized carbons (Fsp3) is 0.458. The van der Waals surface area contributed by atoms with Crippen molar-refractivity contribution in [3.8, 4) is 0 Å². The van der Waals surface area contributed by atoms with Crippen LogP contribution < -0.4 is 10.6 Å². The van der Waals surface area contributed by atoms with Crippen LogP contribution in [-0.2, 0) is 39.8 Å². The van der Waals surface area contributed by atoms with Gasteiger partial charge < -0.3 is 29.8 Å². The highest BCUT2D eigenvalue weighted by molar-refractivity contribution is 5.92. The topological polar surface area (TPSA) is 153 Å². The minimum absolute atomic E-state index is 0.0342. The van der Waals surface area contributed by atoms with E-state index >= 15 is 0 Å². The Hall–Kier alpha value is -3.89. The van der Waals surface area contributed by atoms with Crippen molar-refractivity contribution in [2.45, 2.75) is 65.1 Å². The van der Waals surface area contributed by atoms with E-state index in [0.29, 0.717) is 0 Å². The van der Waals surface area contributed by atoms with E-state index in [-0.39, 0.29) is 25.9 Å². The summed E-state index contributed by atoms with van der Waals surface area (Å²) in [6, 6.07) is 5.31. The maximum absolute atomic E-state index is 13.1. The zero-order chi connectivity index (χ0) is 26.0. The number of esters is 2. The van der Waals surface area contributed by atoms with Gasteiger partial charge in [-0.05, 0) is 38.8 Å². The summed E-state index contributed by atoms with van der Waals surface area (Å²) in [6.45, 7) is 6.16. The van der Waals surface area contributed by atoms with E-state index in [0.717, 1.165) is 16.5 Å². The van der Waals surface area contributed by atoms with Crippen molar-refractivity contribution in [2.24, 2.45) is 0 Å². The van der Waals surface area contributed by atoms with Gasteiger partial charge in [-0.25, -0.2) is 9.59 Å². The number of amides is 2. The Balaban J connectivity index is 2.14. The van der Waals surface area contributed by atoms with Crippen molar-refractivity contribution < 1.29 is 38.2 Å². The number of rotatable bonds is 11. The van der Waals surface area contributed by atoms with Gasteiger partial charge >= 0.3 is 18.1 Å². The summed E-state index contributed by atoms with van der Waals surface area (Å²) in [5, 5.41) is 6.06. The third kappa shape index (κ3) is 8.76.